The lowest BCUT2D eigenvalue weighted by atomic mass is 10.2. The summed E-state index contributed by atoms with van der Waals surface area (Å²) in [7, 11) is 0. The normalized spacial score (nSPS) is 12.0. The zero-order valence-electron chi connectivity index (χ0n) is 12.7. The smallest absolute Gasteiger partial charge is 0.387 e. The van der Waals surface area contributed by atoms with E-state index in [4.69, 9.17) is 5.11 Å². The molecule has 1 unspecified atom stereocenters. The topological polar surface area (TPSA) is 87.7 Å². The molecular weight excluding hydrogens is 310 g/mol. The number of nitrogens with one attached hydrogen (secondary N) is 2. The monoisotopic (exact) mass is 330 g/mol. The standard InChI is InChI=1S/C15H20F2N2O4/c1-2-3-8-18-12(14(21)22)9-13(20)19-10-4-6-11(7-5-10)23-15(16)17/h4-7,12,15,18H,2-3,8-9H2,1H3,(H,19,20)(H,21,22). The fraction of sp³-hybridized carbons (Fsp3) is 0.467. The zero-order chi connectivity index (χ0) is 17.2. The van der Waals surface area contributed by atoms with E-state index in [9.17, 15) is 18.4 Å². The lowest BCUT2D eigenvalue weighted by molar-refractivity contribution is -0.141. The predicted molar refractivity (Wildman–Crippen MR) is 80.7 cm³/mol. The van der Waals surface area contributed by atoms with Crippen LogP contribution in [-0.2, 0) is 9.59 Å². The number of halogens is 2. The number of rotatable bonds is 10. The summed E-state index contributed by atoms with van der Waals surface area (Å²) in [4.78, 5) is 23.0. The van der Waals surface area contributed by atoms with Gasteiger partial charge in [-0.25, -0.2) is 0 Å². The number of hydrogen-bond donors (Lipinski definition) is 3. The maximum atomic E-state index is 12.0. The van der Waals surface area contributed by atoms with E-state index in [0.717, 1.165) is 12.8 Å². The number of hydrogen-bond acceptors (Lipinski definition) is 4. The summed E-state index contributed by atoms with van der Waals surface area (Å²) < 4.78 is 28.2. The van der Waals surface area contributed by atoms with E-state index < -0.39 is 24.5 Å². The lowest BCUT2D eigenvalue weighted by Gasteiger charge is -2.14. The second-order valence-corrected chi connectivity index (χ2v) is 4.85. The van der Waals surface area contributed by atoms with Gasteiger partial charge in [0.1, 0.15) is 11.8 Å². The highest BCUT2D eigenvalue weighted by Gasteiger charge is 2.20. The largest absolute Gasteiger partial charge is 0.480 e. The molecule has 128 valence electrons. The van der Waals surface area contributed by atoms with Gasteiger partial charge in [0.15, 0.2) is 0 Å². The van der Waals surface area contributed by atoms with Crippen molar-refractivity contribution in [2.45, 2.75) is 38.8 Å². The van der Waals surface area contributed by atoms with Gasteiger partial charge < -0.3 is 20.5 Å². The first-order valence-corrected chi connectivity index (χ1v) is 7.23. The summed E-state index contributed by atoms with van der Waals surface area (Å²) in [6.45, 7) is -0.424. The van der Waals surface area contributed by atoms with Gasteiger partial charge in [-0.1, -0.05) is 13.3 Å². The fourth-order valence-corrected chi connectivity index (χ4v) is 1.82. The zero-order valence-corrected chi connectivity index (χ0v) is 12.7. The van der Waals surface area contributed by atoms with Crippen LogP contribution in [-0.4, -0.2) is 36.2 Å². The number of unbranched alkanes of at least 4 members (excludes halogenated alkanes) is 1. The molecule has 0 heterocycles. The number of amides is 1. The number of carbonyl (C=O) groups excluding carboxylic acids is 1. The fourth-order valence-electron chi connectivity index (χ4n) is 1.82. The van der Waals surface area contributed by atoms with Crippen molar-refractivity contribution < 1.29 is 28.2 Å². The second kappa shape index (κ2) is 9.73. The molecular formula is C15H20F2N2O4. The highest BCUT2D eigenvalue weighted by molar-refractivity contribution is 5.94. The van der Waals surface area contributed by atoms with Crippen LogP contribution in [0, 0.1) is 0 Å². The minimum absolute atomic E-state index is 0.0253. The Bertz CT molecular complexity index is 509. The van der Waals surface area contributed by atoms with Crippen molar-refractivity contribution in [3.05, 3.63) is 24.3 Å². The molecule has 3 N–H and O–H groups in total. The Kier molecular flexibility index (Phi) is 7.96. The molecule has 1 rings (SSSR count). The van der Waals surface area contributed by atoms with Crippen molar-refractivity contribution in [2.24, 2.45) is 0 Å². The molecule has 0 bridgehead atoms. The van der Waals surface area contributed by atoms with Crippen LogP contribution < -0.4 is 15.4 Å². The van der Waals surface area contributed by atoms with Crippen LogP contribution in [0.1, 0.15) is 26.2 Å². The van der Waals surface area contributed by atoms with Gasteiger partial charge in [0.2, 0.25) is 5.91 Å². The van der Waals surface area contributed by atoms with Gasteiger partial charge >= 0.3 is 12.6 Å². The van der Waals surface area contributed by atoms with Gasteiger partial charge in [-0.05, 0) is 37.2 Å². The van der Waals surface area contributed by atoms with Crippen molar-refractivity contribution in [3.63, 3.8) is 0 Å². The van der Waals surface area contributed by atoms with E-state index >= 15 is 0 Å². The Labute approximate surface area is 132 Å². The van der Waals surface area contributed by atoms with Gasteiger partial charge in [0.25, 0.3) is 0 Å². The molecule has 8 heteroatoms. The Morgan fingerprint density at radius 2 is 1.91 bits per heavy atom. The van der Waals surface area contributed by atoms with Crippen LogP contribution in [0.4, 0.5) is 14.5 Å². The molecule has 0 radical (unpaired) electrons. The van der Waals surface area contributed by atoms with Gasteiger partial charge in [0.05, 0.1) is 6.42 Å². The molecule has 0 saturated carbocycles. The Morgan fingerprint density at radius 1 is 1.26 bits per heavy atom. The minimum atomic E-state index is -2.92. The Hall–Kier alpha value is -2.22. The maximum absolute atomic E-state index is 12.0. The summed E-state index contributed by atoms with van der Waals surface area (Å²) in [6.07, 6.45) is 1.50. The summed E-state index contributed by atoms with van der Waals surface area (Å²) in [5, 5.41) is 14.4. The first kappa shape index (κ1) is 18.8. The lowest BCUT2D eigenvalue weighted by Crippen LogP contribution is -2.40. The third-order valence-corrected chi connectivity index (χ3v) is 2.97. The number of ether oxygens (including phenoxy) is 1. The molecule has 6 nitrogen and oxygen atoms in total. The number of carboxylic acid groups (broad SMARTS) is 1. The van der Waals surface area contributed by atoms with Crippen LogP contribution in [0.15, 0.2) is 24.3 Å². The first-order valence-electron chi connectivity index (χ1n) is 7.23. The van der Waals surface area contributed by atoms with Gasteiger partial charge in [-0.15, -0.1) is 0 Å². The molecule has 0 aliphatic heterocycles. The Morgan fingerprint density at radius 3 is 2.43 bits per heavy atom. The third-order valence-electron chi connectivity index (χ3n) is 2.97. The number of alkyl halides is 2. The molecule has 23 heavy (non-hydrogen) atoms. The van der Waals surface area contributed by atoms with Crippen LogP contribution >= 0.6 is 0 Å². The van der Waals surface area contributed by atoms with E-state index in [0.29, 0.717) is 12.2 Å². The van der Waals surface area contributed by atoms with Crippen LogP contribution in [0.5, 0.6) is 5.75 Å². The van der Waals surface area contributed by atoms with Crippen LogP contribution in [0.2, 0.25) is 0 Å². The predicted octanol–water partition coefficient (Wildman–Crippen LogP) is 2.46. The number of aliphatic carboxylic acids is 1. The average Bonchev–Trinajstić information content (AvgIpc) is 2.47. The second-order valence-electron chi connectivity index (χ2n) is 4.85. The van der Waals surface area contributed by atoms with Crippen molar-refractivity contribution in [1.29, 1.82) is 0 Å². The number of carbonyl (C=O) groups is 2. The first-order chi connectivity index (χ1) is 10.9. The molecule has 0 fully saturated rings. The van der Waals surface area contributed by atoms with E-state index in [1.807, 2.05) is 6.92 Å². The molecule has 1 atom stereocenters. The summed E-state index contributed by atoms with van der Waals surface area (Å²) in [5.41, 5.74) is 0.370. The van der Waals surface area contributed by atoms with Gasteiger partial charge in [-0.3, -0.25) is 9.59 Å². The molecule has 0 aromatic heterocycles. The quantitative estimate of drug-likeness (QED) is 0.574. The summed E-state index contributed by atoms with van der Waals surface area (Å²) in [5.74, 6) is -1.61. The van der Waals surface area contributed by atoms with E-state index in [1.54, 1.807) is 0 Å². The molecule has 0 aliphatic carbocycles. The molecule has 0 spiro atoms. The van der Waals surface area contributed by atoms with Gasteiger partial charge in [-0.2, -0.15) is 8.78 Å². The van der Waals surface area contributed by atoms with E-state index in [2.05, 4.69) is 15.4 Å². The molecule has 0 saturated heterocycles. The van der Waals surface area contributed by atoms with E-state index in [-0.39, 0.29) is 12.2 Å². The van der Waals surface area contributed by atoms with Crippen molar-refractivity contribution in [3.8, 4) is 5.75 Å². The summed E-state index contributed by atoms with van der Waals surface area (Å²) >= 11 is 0. The highest BCUT2D eigenvalue weighted by atomic mass is 19.3. The number of carboxylic acids is 1. The molecule has 1 aromatic carbocycles. The molecule has 0 aliphatic rings. The SMILES string of the molecule is CCCCNC(CC(=O)Nc1ccc(OC(F)F)cc1)C(=O)O. The maximum Gasteiger partial charge on any atom is 0.387 e. The Balaban J connectivity index is 2.51. The highest BCUT2D eigenvalue weighted by Crippen LogP contribution is 2.17. The minimum Gasteiger partial charge on any atom is -0.480 e. The van der Waals surface area contributed by atoms with Crippen molar-refractivity contribution in [2.75, 3.05) is 11.9 Å². The van der Waals surface area contributed by atoms with Crippen molar-refractivity contribution >= 4 is 17.6 Å². The molecule has 1 amide bonds. The number of benzene rings is 1. The van der Waals surface area contributed by atoms with E-state index in [1.165, 1.54) is 24.3 Å². The van der Waals surface area contributed by atoms with Crippen molar-refractivity contribution in [1.82, 2.24) is 5.32 Å². The molecule has 1 aromatic rings. The van der Waals surface area contributed by atoms with Crippen LogP contribution in [0.25, 0.3) is 0 Å². The average molecular weight is 330 g/mol. The van der Waals surface area contributed by atoms with Gasteiger partial charge in [0, 0.05) is 5.69 Å². The van der Waals surface area contributed by atoms with Crippen LogP contribution in [0.3, 0.4) is 0 Å². The summed E-state index contributed by atoms with van der Waals surface area (Å²) in [6, 6.07) is 4.40. The third kappa shape index (κ3) is 7.55. The number of anilines is 1.